The predicted molar refractivity (Wildman–Crippen MR) is 229 cm³/mol. The molecular weight excluding hydrogens is 918 g/mol. The number of alkyl carbamates (subject to hydrolysis) is 2. The van der Waals surface area contributed by atoms with Gasteiger partial charge in [-0.25, -0.2) is 28.3 Å². The van der Waals surface area contributed by atoms with Gasteiger partial charge in [0.1, 0.15) is 25.1 Å². The molecule has 0 spiro atoms. The van der Waals surface area contributed by atoms with Crippen LogP contribution in [0.1, 0.15) is 90.1 Å². The number of nitrogens with zero attached hydrogens (tertiary/aromatic N) is 5. The van der Waals surface area contributed by atoms with Crippen LogP contribution in [-0.4, -0.2) is 86.8 Å². The first-order chi connectivity index (χ1) is 31.3. The normalized spacial score (nSPS) is 20.2. The fourth-order valence-corrected chi connectivity index (χ4v) is 7.80. The molecule has 2 atom stereocenters. The van der Waals surface area contributed by atoms with Crippen LogP contribution >= 0.6 is 11.6 Å². The fraction of sp³-hybridized carbons (Fsp3) is 0.455. The topological polar surface area (TPSA) is 158 Å². The summed E-state index contributed by atoms with van der Waals surface area (Å²) in [5, 5.41) is 7.94. The molecule has 0 bridgehead atoms. The lowest BCUT2D eigenvalue weighted by Crippen LogP contribution is -2.51. The number of nitrogens with one attached hydrogen (secondary N) is 2. The highest BCUT2D eigenvalue weighted by Crippen LogP contribution is 2.51. The Morgan fingerprint density at radius 1 is 0.910 bits per heavy atom. The molecule has 3 aromatic carbocycles. The molecule has 2 N–H and O–H groups in total. The number of amides is 3. The number of carbonyl (C=O) groups excluding carboxylic acids is 3. The maximum Gasteiger partial charge on any atom is 0.494 e. The molecular formula is C44H46BClF7N7O7. The highest BCUT2D eigenvalue weighted by Gasteiger charge is 2.60. The molecule has 3 aliphatic rings. The molecule has 1 saturated heterocycles. The van der Waals surface area contributed by atoms with Crippen LogP contribution in [0.4, 0.5) is 40.3 Å². The van der Waals surface area contributed by atoms with Crippen LogP contribution in [0.5, 0.6) is 0 Å². The van der Waals surface area contributed by atoms with Crippen molar-refractivity contribution in [2.24, 2.45) is 10.4 Å². The minimum Gasteiger partial charge on any atom is -0.447 e. The summed E-state index contributed by atoms with van der Waals surface area (Å²) in [7, 11) is -0.917. The van der Waals surface area contributed by atoms with Gasteiger partial charge < -0.3 is 24.1 Å². The Hall–Kier alpha value is -5.74. The molecule has 1 aromatic heterocycles. The molecule has 67 heavy (non-hydrogen) atoms. The zero-order valence-corrected chi connectivity index (χ0v) is 37.7. The van der Waals surface area contributed by atoms with Crippen LogP contribution in [0.2, 0.25) is 5.02 Å². The summed E-state index contributed by atoms with van der Waals surface area (Å²) in [6.07, 6.45) is -10.9. The van der Waals surface area contributed by atoms with Crippen molar-refractivity contribution >= 4 is 48.2 Å². The van der Waals surface area contributed by atoms with Crippen molar-refractivity contribution in [1.29, 1.82) is 0 Å². The second-order valence-corrected chi connectivity index (χ2v) is 18.6. The van der Waals surface area contributed by atoms with Gasteiger partial charge in [0, 0.05) is 5.56 Å². The monoisotopic (exact) mass is 963 g/mol. The van der Waals surface area contributed by atoms with Gasteiger partial charge in [0.2, 0.25) is 5.96 Å². The van der Waals surface area contributed by atoms with E-state index in [2.05, 4.69) is 25.7 Å². The molecule has 2 aliphatic heterocycles. The first-order valence-corrected chi connectivity index (χ1v) is 21.3. The van der Waals surface area contributed by atoms with Crippen molar-refractivity contribution in [3.8, 4) is 11.4 Å². The van der Waals surface area contributed by atoms with E-state index in [1.54, 1.807) is 30.3 Å². The molecule has 358 valence electrons. The van der Waals surface area contributed by atoms with Gasteiger partial charge in [-0.3, -0.25) is 15.0 Å². The van der Waals surface area contributed by atoms with Crippen molar-refractivity contribution < 1.29 is 63.9 Å². The molecule has 7 rings (SSSR count). The molecule has 0 unspecified atom stereocenters. The molecule has 23 heteroatoms. The van der Waals surface area contributed by atoms with Gasteiger partial charge in [0.25, 0.3) is 12.3 Å². The third-order valence-corrected chi connectivity index (χ3v) is 12.8. The van der Waals surface area contributed by atoms with E-state index in [4.69, 9.17) is 30.4 Å². The zero-order chi connectivity index (χ0) is 48.9. The van der Waals surface area contributed by atoms with E-state index >= 15 is 18.0 Å². The van der Waals surface area contributed by atoms with Gasteiger partial charge in [-0.15, -0.1) is 0 Å². The van der Waals surface area contributed by atoms with Crippen LogP contribution in [0.15, 0.2) is 84.1 Å². The van der Waals surface area contributed by atoms with Gasteiger partial charge >= 0.3 is 32.0 Å². The van der Waals surface area contributed by atoms with E-state index in [1.165, 1.54) is 42.5 Å². The van der Waals surface area contributed by atoms with Gasteiger partial charge in [-0.2, -0.15) is 31.7 Å². The van der Waals surface area contributed by atoms with E-state index in [0.717, 1.165) is 25.1 Å². The molecule has 1 aliphatic carbocycles. The van der Waals surface area contributed by atoms with Crippen molar-refractivity contribution in [3.05, 3.63) is 101 Å². The SMILES string of the molecule is CC(C)(C[C@]1(c2ccc(B3OC(C)(C)C(C)(C)O3)cc2)N=C(NC(=O)OCc2ccccc2)N([C@H](COC(=O)NC2(C(F)F)CC2)c2ccc(Cl)c(-c3ncnn3C(F)F)c2)C1=O)C(F)(F)F. The second-order valence-electron chi connectivity index (χ2n) is 18.2. The predicted octanol–water partition coefficient (Wildman–Crippen LogP) is 8.86. The number of aliphatic imine (C=N–C) groups is 1. The highest BCUT2D eigenvalue weighted by atomic mass is 35.5. The number of alkyl halides is 7. The van der Waals surface area contributed by atoms with E-state index < -0.39 is 103 Å². The number of rotatable bonds is 14. The summed E-state index contributed by atoms with van der Waals surface area (Å²) in [6, 6.07) is 16.2. The largest absolute Gasteiger partial charge is 0.494 e. The van der Waals surface area contributed by atoms with Gasteiger partial charge in [0.15, 0.2) is 11.4 Å². The van der Waals surface area contributed by atoms with Crippen molar-refractivity contribution in [2.75, 3.05) is 6.61 Å². The highest BCUT2D eigenvalue weighted by molar-refractivity contribution is 6.62. The minimum atomic E-state index is -4.94. The van der Waals surface area contributed by atoms with Gasteiger partial charge in [-0.05, 0) is 81.2 Å². The Kier molecular flexibility index (Phi) is 13.3. The number of carbonyl (C=O) groups is 3. The lowest BCUT2D eigenvalue weighted by Gasteiger charge is -2.37. The number of guanidine groups is 1. The average Bonchev–Trinajstić information content (AvgIpc) is 3.68. The van der Waals surface area contributed by atoms with E-state index in [0.29, 0.717) is 11.0 Å². The number of halogens is 8. The number of hydrogen-bond donors (Lipinski definition) is 2. The zero-order valence-electron chi connectivity index (χ0n) is 37.0. The average molecular weight is 964 g/mol. The maximum absolute atomic E-state index is 15.6. The Balaban J connectivity index is 1.37. The standard InChI is InChI=1S/C44H46BClF7N7O7/c1-39(2,44(51,52)53)23-43(27-13-15-28(16-14-27)45-66-40(3,4)41(5,6)67-45)34(61)59(36(57-43)56-37(62)64-21-25-10-8-7-9-11-25)31(22-65-38(63)58-42(18-19-42)33(47)48)26-12-17-30(46)29(20-26)32-54-24-55-60(32)35(49)50/h7-17,20,24,31,33,35H,18-19,21-23H2,1-6H3,(H,58,63)(H,56,57,62)/t31-,43-/m1/s1. The lowest BCUT2D eigenvalue weighted by molar-refractivity contribution is -0.218. The summed E-state index contributed by atoms with van der Waals surface area (Å²) in [6.45, 7) is 4.61. The number of benzene rings is 3. The minimum absolute atomic E-state index is 0.0736. The Labute approximate surface area is 385 Å². The second kappa shape index (κ2) is 18.1. The summed E-state index contributed by atoms with van der Waals surface area (Å²) >= 11 is 6.51. The van der Waals surface area contributed by atoms with Crippen LogP contribution < -0.4 is 16.1 Å². The smallest absolute Gasteiger partial charge is 0.447 e. The molecule has 3 heterocycles. The summed E-state index contributed by atoms with van der Waals surface area (Å²) in [5.41, 5.74) is -7.95. The Morgan fingerprint density at radius 2 is 1.55 bits per heavy atom. The fourth-order valence-electron chi connectivity index (χ4n) is 7.60. The van der Waals surface area contributed by atoms with E-state index in [1.807, 2.05) is 27.7 Å². The third kappa shape index (κ3) is 9.83. The number of ether oxygens (including phenoxy) is 2. The Morgan fingerprint density at radius 3 is 2.13 bits per heavy atom. The lowest BCUT2D eigenvalue weighted by atomic mass is 9.72. The van der Waals surface area contributed by atoms with Crippen molar-refractivity contribution in [3.63, 3.8) is 0 Å². The van der Waals surface area contributed by atoms with Crippen molar-refractivity contribution in [2.45, 2.75) is 115 Å². The van der Waals surface area contributed by atoms with E-state index in [9.17, 15) is 27.2 Å². The van der Waals surface area contributed by atoms with Crippen LogP contribution in [-0.2, 0) is 35.7 Å². The molecule has 1 saturated carbocycles. The van der Waals surface area contributed by atoms with Crippen molar-refractivity contribution in [1.82, 2.24) is 30.3 Å². The van der Waals surface area contributed by atoms with Crippen LogP contribution in [0, 0.1) is 5.41 Å². The first-order valence-electron chi connectivity index (χ1n) is 20.9. The number of aromatic nitrogens is 3. The quantitative estimate of drug-likeness (QED) is 0.0931. The summed E-state index contributed by atoms with van der Waals surface area (Å²) in [5.74, 6) is -2.30. The van der Waals surface area contributed by atoms with Crippen LogP contribution in [0.25, 0.3) is 11.4 Å². The van der Waals surface area contributed by atoms with Gasteiger partial charge in [0.05, 0.1) is 27.7 Å². The maximum atomic E-state index is 15.6. The van der Waals surface area contributed by atoms with Crippen LogP contribution in [0.3, 0.4) is 0 Å². The molecule has 2 fully saturated rings. The molecule has 4 aromatic rings. The molecule has 3 amide bonds. The molecule has 0 radical (unpaired) electrons. The first kappa shape index (κ1) is 49.2. The summed E-state index contributed by atoms with van der Waals surface area (Å²) < 4.78 is 125. The Bertz CT molecular complexity index is 2510. The summed E-state index contributed by atoms with van der Waals surface area (Å²) in [4.78, 5) is 51.9. The van der Waals surface area contributed by atoms with E-state index in [-0.39, 0.29) is 45.8 Å². The molecule has 14 nitrogen and oxygen atoms in total. The number of hydrogen-bond acceptors (Lipinski definition) is 10. The van der Waals surface area contributed by atoms with Gasteiger partial charge in [-0.1, -0.05) is 86.1 Å². The third-order valence-electron chi connectivity index (χ3n) is 12.5.